The van der Waals surface area contributed by atoms with E-state index in [2.05, 4.69) is 5.32 Å². The number of sulfonamides is 1. The number of benzene rings is 2. The Balaban J connectivity index is 1.62. The van der Waals surface area contributed by atoms with Gasteiger partial charge < -0.3 is 10.1 Å². The van der Waals surface area contributed by atoms with Crippen LogP contribution >= 0.6 is 23.2 Å². The summed E-state index contributed by atoms with van der Waals surface area (Å²) in [7, 11) is -3.59. The molecule has 10 heteroatoms. The maximum Gasteiger partial charge on any atom is 0.338 e. The van der Waals surface area contributed by atoms with Crippen molar-refractivity contribution in [1.82, 2.24) is 4.31 Å². The normalized spacial score (nSPS) is 15.8. The van der Waals surface area contributed by atoms with Gasteiger partial charge in [-0.1, -0.05) is 29.6 Å². The second-order valence-electron chi connectivity index (χ2n) is 7.18. The van der Waals surface area contributed by atoms with Crippen molar-refractivity contribution in [2.24, 2.45) is 0 Å². The maximum atomic E-state index is 12.7. The van der Waals surface area contributed by atoms with Gasteiger partial charge in [-0.15, -0.1) is 0 Å². The molecule has 1 aliphatic heterocycles. The van der Waals surface area contributed by atoms with E-state index in [4.69, 9.17) is 27.9 Å². The van der Waals surface area contributed by atoms with Crippen LogP contribution in [0.1, 0.15) is 36.5 Å². The Kier molecular flexibility index (Phi) is 7.59. The fourth-order valence-electron chi connectivity index (χ4n) is 3.17. The van der Waals surface area contributed by atoms with Crippen molar-refractivity contribution in [3.05, 3.63) is 58.1 Å². The van der Waals surface area contributed by atoms with Gasteiger partial charge in [-0.2, -0.15) is 4.31 Å². The topological polar surface area (TPSA) is 92.8 Å². The summed E-state index contributed by atoms with van der Waals surface area (Å²) >= 11 is 11.8. The fourth-order valence-corrected chi connectivity index (χ4v) is 5.21. The van der Waals surface area contributed by atoms with Crippen LogP contribution in [0.15, 0.2) is 47.4 Å². The molecule has 0 radical (unpaired) electrons. The molecule has 1 unspecified atom stereocenters. The lowest BCUT2D eigenvalue weighted by molar-refractivity contribution is -0.123. The SMILES string of the molecule is CC(OC(=O)c1ccc(S(=O)(=O)N2CCCCC2)cc1)C(=O)Nc1cc(Cl)cc(Cl)c1. The van der Waals surface area contributed by atoms with Crippen LogP contribution in [-0.4, -0.2) is 43.8 Å². The summed E-state index contributed by atoms with van der Waals surface area (Å²) in [5.41, 5.74) is 0.515. The molecule has 166 valence electrons. The summed E-state index contributed by atoms with van der Waals surface area (Å²) < 4.78 is 32.0. The molecule has 0 aromatic heterocycles. The van der Waals surface area contributed by atoms with Crippen LogP contribution in [-0.2, 0) is 19.6 Å². The number of piperidine rings is 1. The molecule has 2 aromatic carbocycles. The zero-order valence-electron chi connectivity index (χ0n) is 16.8. The maximum absolute atomic E-state index is 12.7. The van der Waals surface area contributed by atoms with Crippen molar-refractivity contribution in [2.45, 2.75) is 37.2 Å². The van der Waals surface area contributed by atoms with Crippen LogP contribution in [0, 0.1) is 0 Å². The Labute approximate surface area is 191 Å². The number of nitrogens with one attached hydrogen (secondary N) is 1. The number of rotatable bonds is 6. The van der Waals surface area contributed by atoms with E-state index in [0.29, 0.717) is 28.8 Å². The van der Waals surface area contributed by atoms with E-state index in [1.807, 2.05) is 0 Å². The molecule has 1 atom stereocenters. The minimum atomic E-state index is -3.59. The standard InChI is InChI=1S/C21H22Cl2N2O5S/c1-14(20(26)24-18-12-16(22)11-17(23)13-18)30-21(27)15-5-7-19(8-6-15)31(28,29)25-9-3-2-4-10-25/h5-8,11-14H,2-4,9-10H2,1H3,(H,24,26). The summed E-state index contributed by atoms with van der Waals surface area (Å²) in [5.74, 6) is -1.30. The van der Waals surface area contributed by atoms with Crippen LogP contribution in [0.5, 0.6) is 0 Å². The first kappa shape index (κ1) is 23.5. The Hall–Kier alpha value is -2.13. The van der Waals surface area contributed by atoms with E-state index in [1.165, 1.54) is 53.7 Å². The molecule has 1 fully saturated rings. The number of esters is 1. The predicted octanol–water partition coefficient (Wildman–Crippen LogP) is 4.35. The summed E-state index contributed by atoms with van der Waals surface area (Å²) in [6, 6.07) is 10.1. The third kappa shape index (κ3) is 5.98. The van der Waals surface area contributed by atoms with Crippen LogP contribution in [0.3, 0.4) is 0 Å². The van der Waals surface area contributed by atoms with Crippen molar-refractivity contribution in [2.75, 3.05) is 18.4 Å². The second kappa shape index (κ2) is 9.99. The number of anilines is 1. The Bertz CT molecular complexity index is 1050. The lowest BCUT2D eigenvalue weighted by Gasteiger charge is -2.25. The molecule has 0 aliphatic carbocycles. The summed E-state index contributed by atoms with van der Waals surface area (Å²) in [6.45, 7) is 2.42. The molecule has 2 aromatic rings. The third-order valence-corrected chi connectivity index (χ3v) is 7.18. The summed E-state index contributed by atoms with van der Waals surface area (Å²) in [6.07, 6.45) is 1.60. The quantitative estimate of drug-likeness (QED) is 0.615. The number of amides is 1. The molecule has 0 spiro atoms. The molecule has 1 N–H and O–H groups in total. The highest BCUT2D eigenvalue weighted by atomic mass is 35.5. The first-order valence-electron chi connectivity index (χ1n) is 9.75. The van der Waals surface area contributed by atoms with Crippen molar-refractivity contribution in [1.29, 1.82) is 0 Å². The van der Waals surface area contributed by atoms with Gasteiger partial charge in [-0.25, -0.2) is 13.2 Å². The first-order chi connectivity index (χ1) is 14.7. The van der Waals surface area contributed by atoms with Gasteiger partial charge in [0.15, 0.2) is 6.10 Å². The highest BCUT2D eigenvalue weighted by molar-refractivity contribution is 7.89. The zero-order valence-corrected chi connectivity index (χ0v) is 19.1. The van der Waals surface area contributed by atoms with Crippen molar-refractivity contribution in [3.63, 3.8) is 0 Å². The van der Waals surface area contributed by atoms with E-state index in [0.717, 1.165) is 19.3 Å². The molecule has 1 saturated heterocycles. The monoisotopic (exact) mass is 484 g/mol. The van der Waals surface area contributed by atoms with E-state index >= 15 is 0 Å². The van der Waals surface area contributed by atoms with Gasteiger partial charge in [0.05, 0.1) is 10.5 Å². The number of nitrogens with zero attached hydrogens (tertiary/aromatic N) is 1. The highest BCUT2D eigenvalue weighted by Crippen LogP contribution is 2.23. The van der Waals surface area contributed by atoms with Gasteiger partial charge in [0.25, 0.3) is 5.91 Å². The third-order valence-electron chi connectivity index (χ3n) is 4.83. The van der Waals surface area contributed by atoms with Crippen molar-refractivity contribution in [3.8, 4) is 0 Å². The predicted molar refractivity (Wildman–Crippen MR) is 119 cm³/mol. The minimum absolute atomic E-state index is 0.120. The van der Waals surface area contributed by atoms with Gasteiger partial charge >= 0.3 is 5.97 Å². The largest absolute Gasteiger partial charge is 0.449 e. The minimum Gasteiger partial charge on any atom is -0.449 e. The van der Waals surface area contributed by atoms with E-state index in [9.17, 15) is 18.0 Å². The summed E-state index contributed by atoms with van der Waals surface area (Å²) in [5, 5.41) is 3.28. The van der Waals surface area contributed by atoms with Crippen LogP contribution < -0.4 is 5.32 Å². The van der Waals surface area contributed by atoms with Gasteiger partial charge in [-0.05, 0) is 62.2 Å². The number of carbonyl (C=O) groups is 2. The Morgan fingerprint density at radius 3 is 2.16 bits per heavy atom. The Morgan fingerprint density at radius 2 is 1.58 bits per heavy atom. The van der Waals surface area contributed by atoms with Gasteiger partial charge in [0, 0.05) is 28.8 Å². The van der Waals surface area contributed by atoms with Crippen LogP contribution in [0.25, 0.3) is 0 Å². The summed E-state index contributed by atoms with van der Waals surface area (Å²) in [4.78, 5) is 24.8. The fraction of sp³-hybridized carbons (Fsp3) is 0.333. The molecule has 1 aliphatic rings. The molecule has 3 rings (SSSR count). The number of halogens is 2. The number of ether oxygens (including phenoxy) is 1. The molecule has 1 amide bonds. The van der Waals surface area contributed by atoms with Gasteiger partial charge in [-0.3, -0.25) is 4.79 Å². The first-order valence-corrected chi connectivity index (χ1v) is 11.9. The van der Waals surface area contributed by atoms with Crippen molar-refractivity contribution >= 4 is 50.8 Å². The number of hydrogen-bond acceptors (Lipinski definition) is 5. The van der Waals surface area contributed by atoms with Gasteiger partial charge in [0.1, 0.15) is 0 Å². The highest BCUT2D eigenvalue weighted by Gasteiger charge is 2.26. The van der Waals surface area contributed by atoms with Crippen LogP contribution in [0.2, 0.25) is 10.0 Å². The van der Waals surface area contributed by atoms with E-state index < -0.39 is 28.0 Å². The van der Waals surface area contributed by atoms with Crippen molar-refractivity contribution < 1.29 is 22.7 Å². The molecule has 7 nitrogen and oxygen atoms in total. The molecular formula is C21H22Cl2N2O5S. The average Bonchev–Trinajstić information content (AvgIpc) is 2.73. The molecule has 0 bridgehead atoms. The number of carbonyl (C=O) groups excluding carboxylic acids is 2. The van der Waals surface area contributed by atoms with Crippen LogP contribution in [0.4, 0.5) is 5.69 Å². The lowest BCUT2D eigenvalue weighted by atomic mass is 10.2. The van der Waals surface area contributed by atoms with E-state index in [-0.39, 0.29) is 10.5 Å². The lowest BCUT2D eigenvalue weighted by Crippen LogP contribution is -2.35. The molecule has 31 heavy (non-hydrogen) atoms. The van der Waals surface area contributed by atoms with E-state index in [1.54, 1.807) is 0 Å². The second-order valence-corrected chi connectivity index (χ2v) is 9.99. The molecule has 0 saturated carbocycles. The number of hydrogen-bond donors (Lipinski definition) is 1. The Morgan fingerprint density at radius 1 is 1.00 bits per heavy atom. The smallest absolute Gasteiger partial charge is 0.338 e. The molecule has 1 heterocycles. The van der Waals surface area contributed by atoms with Gasteiger partial charge in [0.2, 0.25) is 10.0 Å². The average molecular weight is 485 g/mol. The zero-order chi connectivity index (χ0) is 22.6. The molecular weight excluding hydrogens is 463 g/mol.